The van der Waals surface area contributed by atoms with Gasteiger partial charge in [-0.05, 0) is 52.6 Å². The highest BCUT2D eigenvalue weighted by Crippen LogP contribution is 2.44. The summed E-state index contributed by atoms with van der Waals surface area (Å²) in [5, 5.41) is 9.07. The smallest absolute Gasteiger partial charge is 0.414 e. The minimum atomic E-state index is -0.809. The summed E-state index contributed by atoms with van der Waals surface area (Å²) in [4.78, 5) is 25.9. The molecule has 1 aliphatic heterocycles. The number of hydrogen-bond acceptors (Lipinski definition) is 3. The van der Waals surface area contributed by atoms with E-state index in [-0.39, 0.29) is 31.0 Å². The standard InChI is InChI=1S/C27H25NO4/c29-26(30)14-13-18-15-19-7-1-6-12-25(19)28(16-18)27(31)32-17-24-22-10-4-2-8-20(22)21-9-3-5-11-23(21)24/h1-12,18,24H,13-17H2,(H,29,30). The van der Waals surface area contributed by atoms with Gasteiger partial charge in [0, 0.05) is 18.9 Å². The third-order valence-corrected chi connectivity index (χ3v) is 6.55. The first-order valence-corrected chi connectivity index (χ1v) is 11.0. The molecule has 0 fully saturated rings. The molecule has 1 unspecified atom stereocenters. The van der Waals surface area contributed by atoms with Gasteiger partial charge in [0.05, 0.1) is 5.69 Å². The summed E-state index contributed by atoms with van der Waals surface area (Å²) in [6, 6.07) is 24.4. The van der Waals surface area contributed by atoms with E-state index in [1.54, 1.807) is 4.90 Å². The molecule has 5 heteroatoms. The zero-order valence-electron chi connectivity index (χ0n) is 17.7. The van der Waals surface area contributed by atoms with E-state index in [0.29, 0.717) is 13.0 Å². The Hall–Kier alpha value is -3.60. The number of carbonyl (C=O) groups is 2. The van der Waals surface area contributed by atoms with E-state index in [2.05, 4.69) is 24.3 Å². The highest BCUT2D eigenvalue weighted by Gasteiger charge is 2.32. The first kappa shape index (κ1) is 20.3. The molecule has 1 N–H and O–H groups in total. The number of amides is 1. The van der Waals surface area contributed by atoms with Crippen molar-refractivity contribution in [3.63, 3.8) is 0 Å². The van der Waals surface area contributed by atoms with Crippen LogP contribution in [0.15, 0.2) is 72.8 Å². The topological polar surface area (TPSA) is 66.8 Å². The Balaban J connectivity index is 1.35. The summed E-state index contributed by atoms with van der Waals surface area (Å²) in [6.07, 6.45) is 1.04. The van der Waals surface area contributed by atoms with Gasteiger partial charge in [0.1, 0.15) is 6.61 Å². The molecule has 0 aromatic heterocycles. The van der Waals surface area contributed by atoms with E-state index in [4.69, 9.17) is 9.84 Å². The quantitative estimate of drug-likeness (QED) is 0.586. The molecule has 0 bridgehead atoms. The van der Waals surface area contributed by atoms with Gasteiger partial charge >= 0.3 is 12.1 Å². The predicted molar refractivity (Wildman–Crippen MR) is 123 cm³/mol. The number of anilines is 1. The number of carbonyl (C=O) groups excluding carboxylic acids is 1. The fourth-order valence-electron chi connectivity index (χ4n) is 5.04. The highest BCUT2D eigenvalue weighted by atomic mass is 16.6. The molecule has 162 valence electrons. The minimum absolute atomic E-state index is 0.00851. The maximum atomic E-state index is 13.2. The molecule has 2 aliphatic rings. The summed E-state index contributed by atoms with van der Waals surface area (Å²) < 4.78 is 5.88. The predicted octanol–water partition coefficient (Wildman–Crippen LogP) is 5.48. The van der Waals surface area contributed by atoms with Gasteiger partial charge in [-0.3, -0.25) is 9.69 Å². The van der Waals surface area contributed by atoms with Crippen LogP contribution < -0.4 is 4.90 Å². The van der Waals surface area contributed by atoms with E-state index < -0.39 is 5.97 Å². The second-order valence-corrected chi connectivity index (χ2v) is 8.55. The lowest BCUT2D eigenvalue weighted by Crippen LogP contribution is -2.41. The largest absolute Gasteiger partial charge is 0.481 e. The second kappa shape index (κ2) is 8.50. The van der Waals surface area contributed by atoms with Gasteiger partial charge in [0.15, 0.2) is 0 Å². The van der Waals surface area contributed by atoms with Crippen LogP contribution in [0, 0.1) is 5.92 Å². The molecule has 1 aliphatic carbocycles. The number of para-hydroxylation sites is 1. The van der Waals surface area contributed by atoms with Crippen LogP contribution in [-0.4, -0.2) is 30.3 Å². The number of rotatable bonds is 5. The average Bonchev–Trinajstić information content (AvgIpc) is 3.14. The number of benzene rings is 3. The van der Waals surface area contributed by atoms with Crippen LogP contribution >= 0.6 is 0 Å². The summed E-state index contributed by atoms with van der Waals surface area (Å²) in [5.74, 6) is -0.702. The number of carboxylic acids is 1. The van der Waals surface area contributed by atoms with Gasteiger partial charge < -0.3 is 9.84 Å². The first-order valence-electron chi connectivity index (χ1n) is 11.0. The van der Waals surface area contributed by atoms with Gasteiger partial charge in [0.25, 0.3) is 0 Å². The monoisotopic (exact) mass is 427 g/mol. The van der Waals surface area contributed by atoms with Crippen molar-refractivity contribution < 1.29 is 19.4 Å². The van der Waals surface area contributed by atoms with Crippen molar-refractivity contribution in [1.82, 2.24) is 0 Å². The molecule has 0 radical (unpaired) electrons. The fraction of sp³-hybridized carbons (Fsp3) is 0.259. The average molecular weight is 428 g/mol. The Kier molecular flexibility index (Phi) is 5.39. The summed E-state index contributed by atoms with van der Waals surface area (Å²) in [7, 11) is 0. The number of hydrogen-bond donors (Lipinski definition) is 1. The molecule has 0 spiro atoms. The number of carboxylic acid groups (broad SMARTS) is 1. The van der Waals surface area contributed by atoms with Crippen LogP contribution in [0.25, 0.3) is 11.1 Å². The number of fused-ring (bicyclic) bond motifs is 4. The Morgan fingerprint density at radius 2 is 1.53 bits per heavy atom. The van der Waals surface area contributed by atoms with Crippen molar-refractivity contribution in [3.05, 3.63) is 89.5 Å². The van der Waals surface area contributed by atoms with Crippen molar-refractivity contribution in [3.8, 4) is 11.1 Å². The molecule has 5 rings (SSSR count). The van der Waals surface area contributed by atoms with Gasteiger partial charge in [-0.15, -0.1) is 0 Å². The van der Waals surface area contributed by atoms with Crippen molar-refractivity contribution in [2.45, 2.75) is 25.2 Å². The van der Waals surface area contributed by atoms with Crippen molar-refractivity contribution in [2.24, 2.45) is 5.92 Å². The molecule has 1 amide bonds. The summed E-state index contributed by atoms with van der Waals surface area (Å²) >= 11 is 0. The van der Waals surface area contributed by atoms with Gasteiger partial charge in [-0.2, -0.15) is 0 Å². The van der Waals surface area contributed by atoms with E-state index in [0.717, 1.165) is 17.7 Å². The Bertz CT molecular complexity index is 1130. The van der Waals surface area contributed by atoms with Crippen LogP contribution in [0.5, 0.6) is 0 Å². The number of ether oxygens (including phenoxy) is 1. The lowest BCUT2D eigenvalue weighted by Gasteiger charge is -2.34. The lowest BCUT2D eigenvalue weighted by molar-refractivity contribution is -0.137. The van der Waals surface area contributed by atoms with Crippen molar-refractivity contribution >= 4 is 17.7 Å². The van der Waals surface area contributed by atoms with Crippen LogP contribution in [-0.2, 0) is 16.0 Å². The zero-order valence-corrected chi connectivity index (χ0v) is 17.7. The molecule has 0 saturated heterocycles. The van der Waals surface area contributed by atoms with Crippen LogP contribution in [0.3, 0.4) is 0 Å². The van der Waals surface area contributed by atoms with E-state index in [9.17, 15) is 9.59 Å². The Morgan fingerprint density at radius 3 is 2.22 bits per heavy atom. The lowest BCUT2D eigenvalue weighted by atomic mass is 9.89. The van der Waals surface area contributed by atoms with Crippen LogP contribution in [0.1, 0.15) is 35.4 Å². The zero-order chi connectivity index (χ0) is 22.1. The second-order valence-electron chi connectivity index (χ2n) is 8.55. The van der Waals surface area contributed by atoms with E-state index >= 15 is 0 Å². The minimum Gasteiger partial charge on any atom is -0.481 e. The van der Waals surface area contributed by atoms with E-state index in [1.807, 2.05) is 48.5 Å². The molecule has 1 atom stereocenters. The molecule has 1 heterocycles. The van der Waals surface area contributed by atoms with Crippen molar-refractivity contribution in [1.29, 1.82) is 0 Å². The normalized spacial score (nSPS) is 16.8. The number of nitrogens with zero attached hydrogens (tertiary/aromatic N) is 1. The van der Waals surface area contributed by atoms with Gasteiger partial charge in [0.2, 0.25) is 0 Å². The molecule has 5 nitrogen and oxygen atoms in total. The Morgan fingerprint density at radius 1 is 0.906 bits per heavy atom. The summed E-state index contributed by atoms with van der Waals surface area (Å²) in [5.41, 5.74) is 6.67. The van der Waals surface area contributed by atoms with Crippen LogP contribution in [0.4, 0.5) is 10.5 Å². The van der Waals surface area contributed by atoms with Crippen molar-refractivity contribution in [2.75, 3.05) is 18.1 Å². The fourth-order valence-corrected chi connectivity index (χ4v) is 5.04. The highest BCUT2D eigenvalue weighted by molar-refractivity contribution is 5.89. The maximum absolute atomic E-state index is 13.2. The number of aliphatic carboxylic acids is 1. The Labute approximate surface area is 187 Å². The summed E-state index contributed by atoms with van der Waals surface area (Å²) in [6.45, 7) is 0.742. The van der Waals surface area contributed by atoms with Gasteiger partial charge in [-0.25, -0.2) is 4.79 Å². The molecular weight excluding hydrogens is 402 g/mol. The maximum Gasteiger partial charge on any atom is 0.414 e. The van der Waals surface area contributed by atoms with Crippen LogP contribution in [0.2, 0.25) is 0 Å². The molecule has 3 aromatic carbocycles. The third kappa shape index (κ3) is 3.75. The molecule has 3 aromatic rings. The first-order chi connectivity index (χ1) is 15.6. The SMILES string of the molecule is O=C(O)CCC1Cc2ccccc2N(C(=O)OCC2c3ccccc3-c3ccccc32)C1. The van der Waals surface area contributed by atoms with Gasteiger partial charge in [-0.1, -0.05) is 66.7 Å². The molecule has 32 heavy (non-hydrogen) atoms. The molecule has 0 saturated carbocycles. The molecular formula is C27H25NO4. The van der Waals surface area contributed by atoms with E-state index in [1.165, 1.54) is 22.3 Å². The third-order valence-electron chi connectivity index (χ3n) is 6.55.